The van der Waals surface area contributed by atoms with E-state index in [9.17, 15) is 14.4 Å². The molecule has 0 saturated heterocycles. The van der Waals surface area contributed by atoms with Crippen molar-refractivity contribution in [2.75, 3.05) is 10.6 Å². The van der Waals surface area contributed by atoms with Crippen LogP contribution in [0.2, 0.25) is 0 Å². The number of hydrogen-bond acceptors (Lipinski definition) is 6. The second-order valence-electron chi connectivity index (χ2n) is 8.01. The molecule has 3 rings (SSSR count). The standard InChI is InChI=1S/C24H27N5O3S/c1-12-10-15(4)20(25-17(6)30)18(11-12)21-23(32)27-24(29-28-21)33-16(5)22(31)26-19-13(2)8-7-9-14(19)3/h7-11,16H,1-6H3,(H,25,30)(H,26,31)(H,27,29,32)/t16-/m0/s1. The minimum Gasteiger partial charge on any atom is -0.325 e. The van der Waals surface area contributed by atoms with E-state index >= 15 is 0 Å². The summed E-state index contributed by atoms with van der Waals surface area (Å²) < 4.78 is 0. The van der Waals surface area contributed by atoms with Crippen LogP contribution in [0, 0.1) is 27.7 Å². The van der Waals surface area contributed by atoms with E-state index in [2.05, 4.69) is 25.8 Å². The third-order valence-corrected chi connectivity index (χ3v) is 6.07. The highest BCUT2D eigenvalue weighted by atomic mass is 32.2. The maximum absolute atomic E-state index is 12.8. The number of nitrogens with one attached hydrogen (secondary N) is 3. The van der Waals surface area contributed by atoms with Crippen LogP contribution in [0.15, 0.2) is 40.3 Å². The second-order valence-corrected chi connectivity index (χ2v) is 9.34. The molecule has 0 radical (unpaired) electrons. The lowest BCUT2D eigenvalue weighted by Gasteiger charge is -2.15. The van der Waals surface area contributed by atoms with E-state index in [4.69, 9.17) is 0 Å². The van der Waals surface area contributed by atoms with Crippen LogP contribution in [0.3, 0.4) is 0 Å². The first-order chi connectivity index (χ1) is 15.6. The molecule has 0 unspecified atom stereocenters. The first kappa shape index (κ1) is 24.2. The molecule has 33 heavy (non-hydrogen) atoms. The first-order valence-corrected chi connectivity index (χ1v) is 11.3. The third kappa shape index (κ3) is 5.67. The molecule has 3 N–H and O–H groups in total. The van der Waals surface area contributed by atoms with Gasteiger partial charge in [0.05, 0.1) is 10.9 Å². The molecule has 9 heteroatoms. The van der Waals surface area contributed by atoms with Gasteiger partial charge in [-0.05, 0) is 57.4 Å². The van der Waals surface area contributed by atoms with Crippen LogP contribution in [0.5, 0.6) is 0 Å². The predicted molar refractivity (Wildman–Crippen MR) is 132 cm³/mol. The van der Waals surface area contributed by atoms with Crippen molar-refractivity contribution >= 4 is 35.0 Å². The molecule has 1 heterocycles. The Balaban J connectivity index is 1.84. The van der Waals surface area contributed by atoms with Crippen LogP contribution in [0.25, 0.3) is 11.3 Å². The number of benzene rings is 2. The van der Waals surface area contributed by atoms with Crippen molar-refractivity contribution in [2.45, 2.75) is 51.9 Å². The van der Waals surface area contributed by atoms with Gasteiger partial charge >= 0.3 is 0 Å². The highest BCUT2D eigenvalue weighted by Crippen LogP contribution is 2.30. The Morgan fingerprint density at radius 2 is 1.64 bits per heavy atom. The number of anilines is 2. The number of aromatic nitrogens is 3. The third-order valence-electron chi connectivity index (χ3n) is 5.10. The Hall–Kier alpha value is -3.46. The zero-order valence-corrected chi connectivity index (χ0v) is 20.3. The summed E-state index contributed by atoms with van der Waals surface area (Å²) in [4.78, 5) is 39.9. The Morgan fingerprint density at radius 1 is 0.970 bits per heavy atom. The summed E-state index contributed by atoms with van der Waals surface area (Å²) in [6.07, 6.45) is 0. The number of hydrogen-bond donors (Lipinski definition) is 3. The van der Waals surface area contributed by atoms with Gasteiger partial charge in [0.15, 0.2) is 10.9 Å². The molecule has 172 valence electrons. The molecule has 0 aliphatic carbocycles. The smallest absolute Gasteiger partial charge is 0.278 e. The molecular weight excluding hydrogens is 438 g/mol. The summed E-state index contributed by atoms with van der Waals surface area (Å²) in [6, 6.07) is 9.50. The molecule has 8 nitrogen and oxygen atoms in total. The SMILES string of the molecule is CC(=O)Nc1c(C)cc(C)cc1-c1nnc(S[C@@H](C)C(=O)Nc2c(C)cccc2C)[nH]c1=O. The largest absolute Gasteiger partial charge is 0.325 e. The lowest BCUT2D eigenvalue weighted by Crippen LogP contribution is -2.24. The van der Waals surface area contributed by atoms with Crippen molar-refractivity contribution < 1.29 is 9.59 Å². The summed E-state index contributed by atoms with van der Waals surface area (Å²) in [5, 5.41) is 13.7. The Bertz CT molecular complexity index is 1270. The van der Waals surface area contributed by atoms with E-state index < -0.39 is 10.8 Å². The monoisotopic (exact) mass is 465 g/mol. The van der Waals surface area contributed by atoms with Gasteiger partial charge in [-0.25, -0.2) is 0 Å². The van der Waals surface area contributed by atoms with Gasteiger partial charge in [-0.1, -0.05) is 41.6 Å². The highest BCUT2D eigenvalue weighted by molar-refractivity contribution is 8.00. The minimum absolute atomic E-state index is 0.0996. The van der Waals surface area contributed by atoms with Crippen molar-refractivity contribution in [1.82, 2.24) is 15.2 Å². The maximum atomic E-state index is 12.8. The van der Waals surface area contributed by atoms with E-state index in [1.54, 1.807) is 13.0 Å². The highest BCUT2D eigenvalue weighted by Gasteiger charge is 2.20. The second kappa shape index (κ2) is 9.99. The van der Waals surface area contributed by atoms with Gasteiger partial charge in [-0.3, -0.25) is 19.4 Å². The molecule has 0 fully saturated rings. The lowest BCUT2D eigenvalue weighted by molar-refractivity contribution is -0.115. The molecule has 0 aliphatic heterocycles. The number of carbonyl (C=O) groups excluding carboxylic acids is 2. The van der Waals surface area contributed by atoms with E-state index in [0.717, 1.165) is 39.7 Å². The molecule has 3 aromatic rings. The van der Waals surface area contributed by atoms with E-state index in [-0.39, 0.29) is 22.7 Å². The minimum atomic E-state index is -0.518. The topological polar surface area (TPSA) is 117 Å². The van der Waals surface area contributed by atoms with Crippen LogP contribution >= 0.6 is 11.8 Å². The van der Waals surface area contributed by atoms with Crippen molar-refractivity contribution in [2.24, 2.45) is 0 Å². The number of para-hydroxylation sites is 1. The molecule has 2 aromatic carbocycles. The summed E-state index contributed by atoms with van der Waals surface area (Å²) >= 11 is 1.11. The number of thioether (sulfide) groups is 1. The predicted octanol–water partition coefficient (Wildman–Crippen LogP) is 4.14. The summed E-state index contributed by atoms with van der Waals surface area (Å²) in [7, 11) is 0. The van der Waals surface area contributed by atoms with Gasteiger partial charge in [0.2, 0.25) is 11.8 Å². The fraction of sp³-hybridized carbons (Fsp3) is 0.292. The first-order valence-electron chi connectivity index (χ1n) is 10.5. The Kier molecular flexibility index (Phi) is 7.33. The van der Waals surface area contributed by atoms with Gasteiger partial charge in [0.1, 0.15) is 0 Å². The van der Waals surface area contributed by atoms with Crippen molar-refractivity contribution in [3.63, 3.8) is 0 Å². The van der Waals surface area contributed by atoms with Crippen LogP contribution in [-0.2, 0) is 9.59 Å². The van der Waals surface area contributed by atoms with Crippen LogP contribution in [0.4, 0.5) is 11.4 Å². The molecule has 0 spiro atoms. The lowest BCUT2D eigenvalue weighted by atomic mass is 10.0. The van der Waals surface area contributed by atoms with Gasteiger partial charge in [0.25, 0.3) is 5.56 Å². The quantitative estimate of drug-likeness (QED) is 0.471. The number of aryl methyl sites for hydroxylation is 4. The summed E-state index contributed by atoms with van der Waals surface area (Å²) in [5.41, 5.74) is 5.13. The average Bonchev–Trinajstić information content (AvgIpc) is 2.72. The van der Waals surface area contributed by atoms with Crippen molar-refractivity contribution in [3.8, 4) is 11.3 Å². The zero-order chi connectivity index (χ0) is 24.3. The summed E-state index contributed by atoms with van der Waals surface area (Å²) in [5.74, 6) is -0.449. The summed E-state index contributed by atoms with van der Waals surface area (Å²) in [6.45, 7) is 10.8. The average molecular weight is 466 g/mol. The fourth-order valence-corrected chi connectivity index (χ4v) is 4.25. The molecule has 0 bridgehead atoms. The normalized spacial score (nSPS) is 11.7. The maximum Gasteiger partial charge on any atom is 0.278 e. The van der Waals surface area contributed by atoms with Gasteiger partial charge in [-0.2, -0.15) is 0 Å². The van der Waals surface area contributed by atoms with E-state index in [1.165, 1.54) is 6.92 Å². The van der Waals surface area contributed by atoms with Crippen molar-refractivity contribution in [1.29, 1.82) is 0 Å². The van der Waals surface area contributed by atoms with E-state index in [0.29, 0.717) is 11.3 Å². The van der Waals surface area contributed by atoms with E-state index in [1.807, 2.05) is 52.0 Å². The van der Waals surface area contributed by atoms with Gasteiger partial charge < -0.3 is 10.6 Å². The molecule has 0 saturated carbocycles. The Morgan fingerprint density at radius 3 is 2.24 bits per heavy atom. The molecule has 2 amide bonds. The molecular formula is C24H27N5O3S. The van der Waals surface area contributed by atoms with Crippen LogP contribution in [-0.4, -0.2) is 32.2 Å². The van der Waals surface area contributed by atoms with Gasteiger partial charge in [0, 0.05) is 18.2 Å². The Labute approximate surface area is 196 Å². The van der Waals surface area contributed by atoms with Crippen LogP contribution in [0.1, 0.15) is 36.1 Å². The fourth-order valence-electron chi connectivity index (χ4n) is 3.51. The van der Waals surface area contributed by atoms with Gasteiger partial charge in [-0.15, -0.1) is 10.2 Å². The number of H-pyrrole nitrogens is 1. The number of nitrogens with zero attached hydrogens (tertiary/aromatic N) is 2. The zero-order valence-electron chi connectivity index (χ0n) is 19.5. The van der Waals surface area contributed by atoms with Crippen molar-refractivity contribution in [3.05, 3.63) is 62.9 Å². The van der Waals surface area contributed by atoms with Crippen LogP contribution < -0.4 is 16.2 Å². The molecule has 1 atom stereocenters. The number of amides is 2. The molecule has 1 aromatic heterocycles. The molecule has 0 aliphatic rings. The number of carbonyl (C=O) groups is 2. The number of rotatable bonds is 6. The number of aromatic amines is 1.